The highest BCUT2D eigenvalue weighted by molar-refractivity contribution is 9.10. The second kappa shape index (κ2) is 32.4. The lowest BCUT2D eigenvalue weighted by Gasteiger charge is -2.15. The monoisotopic (exact) mass is 1410 g/mol. The Balaban J connectivity index is 0.000000219. The number of carbonyl (C=O) groups is 2. The summed E-state index contributed by atoms with van der Waals surface area (Å²) in [7, 11) is 0. The molecule has 0 fully saturated rings. The zero-order chi connectivity index (χ0) is 71.8. The molecule has 0 aliphatic carbocycles. The average Bonchev–Trinajstić information content (AvgIpc) is 0.815. The summed E-state index contributed by atoms with van der Waals surface area (Å²) >= 11 is 3.14. The van der Waals surface area contributed by atoms with E-state index in [0.717, 1.165) is 61.0 Å². The normalized spacial score (nSPS) is 11.2. The molecule has 3 N–H and O–H groups in total. The molecule has 0 heterocycles. The van der Waals surface area contributed by atoms with Gasteiger partial charge < -0.3 is 10.8 Å². The van der Waals surface area contributed by atoms with Crippen LogP contribution >= 0.6 is 15.9 Å². The number of aryl methyl sites for hydroxylation is 2. The van der Waals surface area contributed by atoms with Crippen LogP contribution in [0.1, 0.15) is 87.4 Å². The molecular formula is C67H52BrF12N5O11. The average molecular weight is 1410 g/mol. The number of nitro groups is 4. The first kappa shape index (κ1) is 76.0. The molecule has 502 valence electrons. The minimum Gasteiger partial charge on any atom is -0.399 e. The fourth-order valence-corrected chi connectivity index (χ4v) is 9.96. The van der Waals surface area contributed by atoms with Crippen molar-refractivity contribution in [3.63, 3.8) is 0 Å². The number of nitrogens with zero attached hydrogens (tertiary/aromatic N) is 4. The SMILES string of the molecule is CC(=O)c1cc([N+](=O)[O-])ccc1-c1ccccc1C(F)(F)F.CC(=O)c1cc([N+](=O)[O-])ccc1Br.CCc1cc(N)ccc1-c1ccccc1C(F)(F)F.CCc1cc([N+](=O)[O-])ccc1-c1ccccc1C(F)(F)F.O=[N+]([O-])c1ccc(-c2ccccc2C(F)(F)F)c(CO)c1. The summed E-state index contributed by atoms with van der Waals surface area (Å²) in [5.41, 5.74) is 4.94. The predicted molar refractivity (Wildman–Crippen MR) is 337 cm³/mol. The van der Waals surface area contributed by atoms with Gasteiger partial charge in [0.25, 0.3) is 22.7 Å². The van der Waals surface area contributed by atoms with Crippen LogP contribution in [0.2, 0.25) is 0 Å². The molecule has 0 saturated heterocycles. The maximum absolute atomic E-state index is 13.1. The van der Waals surface area contributed by atoms with Crippen molar-refractivity contribution in [3.8, 4) is 44.5 Å². The quantitative estimate of drug-likeness (QED) is 0.0359. The van der Waals surface area contributed by atoms with E-state index >= 15 is 0 Å². The van der Waals surface area contributed by atoms with Gasteiger partial charge in [-0.3, -0.25) is 50.0 Å². The Morgan fingerprint density at radius 2 is 0.656 bits per heavy atom. The number of aliphatic hydroxyl groups excluding tert-OH is 1. The summed E-state index contributed by atoms with van der Waals surface area (Å²) in [6.45, 7) is 5.57. The Kier molecular flexibility index (Phi) is 25.7. The summed E-state index contributed by atoms with van der Waals surface area (Å²) in [4.78, 5) is 62.8. The van der Waals surface area contributed by atoms with Crippen LogP contribution in [0.3, 0.4) is 0 Å². The third-order valence-corrected chi connectivity index (χ3v) is 14.6. The third kappa shape index (κ3) is 19.9. The third-order valence-electron chi connectivity index (χ3n) is 13.9. The van der Waals surface area contributed by atoms with Crippen molar-refractivity contribution < 1.29 is 87.1 Å². The molecule has 0 atom stereocenters. The molecule has 29 heteroatoms. The summed E-state index contributed by atoms with van der Waals surface area (Å²) in [5, 5.41) is 51.9. The lowest BCUT2D eigenvalue weighted by Crippen LogP contribution is -2.08. The van der Waals surface area contributed by atoms with Crippen LogP contribution in [-0.4, -0.2) is 36.4 Å². The number of nitro benzene ring substituents is 4. The highest BCUT2D eigenvalue weighted by Gasteiger charge is 2.37. The maximum Gasteiger partial charge on any atom is 0.417 e. The summed E-state index contributed by atoms with van der Waals surface area (Å²) in [6.07, 6.45) is -16.9. The van der Waals surface area contributed by atoms with E-state index in [9.17, 15) is 108 Å². The number of non-ortho nitro benzene ring substituents is 4. The van der Waals surface area contributed by atoms with Gasteiger partial charge in [0.05, 0.1) is 48.6 Å². The molecule has 0 spiro atoms. The Bertz CT molecular complexity index is 4230. The maximum atomic E-state index is 13.1. The van der Waals surface area contributed by atoms with Crippen LogP contribution in [0.4, 0.5) is 81.1 Å². The van der Waals surface area contributed by atoms with Gasteiger partial charge in [-0.2, -0.15) is 52.7 Å². The zero-order valence-electron chi connectivity index (χ0n) is 50.3. The van der Waals surface area contributed by atoms with Crippen LogP contribution in [0.5, 0.6) is 0 Å². The molecule has 9 rings (SSSR count). The first-order valence-electron chi connectivity index (χ1n) is 27.8. The van der Waals surface area contributed by atoms with Crippen LogP contribution in [-0.2, 0) is 44.2 Å². The first-order chi connectivity index (χ1) is 44.8. The largest absolute Gasteiger partial charge is 0.417 e. The molecule has 0 bridgehead atoms. The van der Waals surface area contributed by atoms with E-state index in [4.69, 9.17) is 5.73 Å². The van der Waals surface area contributed by atoms with E-state index in [2.05, 4.69) is 15.9 Å². The molecule has 0 aromatic heterocycles. The number of halogens is 13. The van der Waals surface area contributed by atoms with Crippen molar-refractivity contribution in [3.05, 3.63) is 283 Å². The van der Waals surface area contributed by atoms with Crippen molar-refractivity contribution in [2.45, 2.75) is 71.8 Å². The second-order valence-corrected chi connectivity index (χ2v) is 21.0. The number of hydrogen-bond donors (Lipinski definition) is 2. The number of carbonyl (C=O) groups excluding carboxylic acids is 2. The van der Waals surface area contributed by atoms with Gasteiger partial charge in [-0.25, -0.2) is 0 Å². The molecule has 16 nitrogen and oxygen atoms in total. The highest BCUT2D eigenvalue weighted by atomic mass is 79.9. The van der Waals surface area contributed by atoms with Crippen LogP contribution in [0.15, 0.2) is 193 Å². The van der Waals surface area contributed by atoms with Crippen molar-refractivity contribution >= 4 is 55.9 Å². The summed E-state index contributed by atoms with van der Waals surface area (Å²) < 4.78 is 157. The molecule has 9 aromatic rings. The summed E-state index contributed by atoms with van der Waals surface area (Å²) in [6, 6.07) is 40.2. The van der Waals surface area contributed by atoms with Crippen molar-refractivity contribution in [1.82, 2.24) is 0 Å². The number of anilines is 1. The van der Waals surface area contributed by atoms with Gasteiger partial charge in [0, 0.05) is 69.8 Å². The number of Topliss-reactive ketones (excluding diaryl/α,β-unsaturated/α-hetero) is 2. The lowest BCUT2D eigenvalue weighted by molar-refractivity contribution is -0.385. The fraction of sp³-hybridized carbons (Fsp3) is 0.164. The molecule has 0 saturated carbocycles. The standard InChI is InChI=1S/C15H10F3NO3.C15H12F3NO2.C15H14F3N.C14H10F3NO3.C8H6BrNO3/c1-9(20)13-8-10(19(21)22)6-7-11(13)12-4-2-3-5-14(12)15(16,17)18;1-2-10-9-11(19(20)21)7-8-12(10)13-5-3-4-6-14(13)15(16,17)18;1-2-10-9-11(19)7-8-12(10)13-5-3-4-6-14(13)15(16,17)18;15-14(16,17)13-4-2-1-3-12(13)11-6-5-10(18(20)21)7-9(11)8-19;1-5(11)7-4-6(10(12)13)2-3-8(7)9/h2-8H,1H3;3-9H,2H2,1H3;3-9H,2,19H2,1H3;1-7,19H,8H2;2-4H,1H3. The fourth-order valence-electron chi connectivity index (χ4n) is 9.43. The number of ketones is 2. The van der Waals surface area contributed by atoms with Gasteiger partial charge in [0.1, 0.15) is 0 Å². The van der Waals surface area contributed by atoms with Gasteiger partial charge in [0.2, 0.25) is 0 Å². The van der Waals surface area contributed by atoms with Gasteiger partial charge in [-0.05, 0) is 149 Å². The highest BCUT2D eigenvalue weighted by Crippen LogP contribution is 2.43. The van der Waals surface area contributed by atoms with E-state index in [1.165, 1.54) is 122 Å². The summed E-state index contributed by atoms with van der Waals surface area (Å²) in [5.74, 6) is -0.744. The molecule has 9 aromatic carbocycles. The minimum atomic E-state index is -4.59. The topological polar surface area (TPSA) is 253 Å². The van der Waals surface area contributed by atoms with Crippen molar-refractivity contribution in [2.24, 2.45) is 0 Å². The molecule has 96 heavy (non-hydrogen) atoms. The Morgan fingerprint density at radius 3 is 0.979 bits per heavy atom. The molecule has 0 radical (unpaired) electrons. The van der Waals surface area contributed by atoms with E-state index < -0.39 is 79.0 Å². The predicted octanol–water partition coefficient (Wildman–Crippen LogP) is 20.2. The van der Waals surface area contributed by atoms with Crippen LogP contribution in [0, 0.1) is 40.5 Å². The first-order valence-corrected chi connectivity index (χ1v) is 28.6. The Labute approximate surface area is 546 Å². The van der Waals surface area contributed by atoms with Gasteiger partial charge in [0.15, 0.2) is 11.6 Å². The molecule has 0 aliphatic heterocycles. The van der Waals surface area contributed by atoms with Gasteiger partial charge in [-0.1, -0.05) is 109 Å². The van der Waals surface area contributed by atoms with E-state index in [-0.39, 0.29) is 73.0 Å². The molecular weight excluding hydrogens is 1360 g/mol. The van der Waals surface area contributed by atoms with Crippen molar-refractivity contribution in [2.75, 3.05) is 5.73 Å². The molecule has 0 unspecified atom stereocenters. The smallest absolute Gasteiger partial charge is 0.399 e. The molecule has 0 aliphatic rings. The Hall–Kier alpha value is -10.7. The lowest BCUT2D eigenvalue weighted by atomic mass is 9.93. The van der Waals surface area contributed by atoms with Gasteiger partial charge in [-0.15, -0.1) is 0 Å². The Morgan fingerprint density at radius 1 is 0.385 bits per heavy atom. The van der Waals surface area contributed by atoms with E-state index in [1.54, 1.807) is 31.2 Å². The van der Waals surface area contributed by atoms with Crippen LogP contribution < -0.4 is 5.73 Å². The number of rotatable bonds is 13. The van der Waals surface area contributed by atoms with Crippen molar-refractivity contribution in [1.29, 1.82) is 0 Å². The number of nitrogen functional groups attached to an aromatic ring is 1. The number of benzene rings is 9. The zero-order valence-corrected chi connectivity index (χ0v) is 51.9. The van der Waals surface area contributed by atoms with E-state index in [0.29, 0.717) is 45.3 Å². The molecule has 0 amide bonds. The van der Waals surface area contributed by atoms with Crippen LogP contribution in [0.25, 0.3) is 44.5 Å². The van der Waals surface area contributed by atoms with Gasteiger partial charge >= 0.3 is 24.7 Å². The minimum absolute atomic E-state index is 0.0195. The van der Waals surface area contributed by atoms with E-state index in [1.807, 2.05) is 6.92 Å². The second-order valence-electron chi connectivity index (χ2n) is 20.2. The number of nitrogens with two attached hydrogens (primary N) is 1. The number of alkyl halides is 12. The number of hydrogen-bond acceptors (Lipinski definition) is 12. The number of aliphatic hydroxyl groups is 1.